The van der Waals surface area contributed by atoms with Crippen LogP contribution in [0.4, 0.5) is 0 Å². The van der Waals surface area contributed by atoms with Gasteiger partial charge in [-0.25, -0.2) is 4.79 Å². The minimum atomic E-state index is -0.802. The number of benzene rings is 1. The Hall–Kier alpha value is -3.00. The van der Waals surface area contributed by atoms with Crippen LogP contribution in [0.25, 0.3) is 0 Å². The standard InChI is InChI=1S/C16H12N2O5S/c1-9(19)17-8-10-6-7-13(24-10)16(22)23-18-14(20)11-4-2-3-5-12(11)15(18)21/h2-7H,8H2,1H3,(H,17,19). The van der Waals surface area contributed by atoms with Crippen molar-refractivity contribution in [2.75, 3.05) is 0 Å². The van der Waals surface area contributed by atoms with Crippen LogP contribution in [-0.4, -0.2) is 28.8 Å². The highest BCUT2D eigenvalue weighted by atomic mass is 32.1. The molecule has 1 aromatic carbocycles. The van der Waals surface area contributed by atoms with E-state index in [-0.39, 0.29) is 21.9 Å². The summed E-state index contributed by atoms with van der Waals surface area (Å²) < 4.78 is 0. The smallest absolute Gasteiger partial charge is 0.351 e. The highest BCUT2D eigenvalue weighted by molar-refractivity contribution is 7.13. The molecule has 1 aromatic heterocycles. The Labute approximate surface area is 140 Å². The van der Waals surface area contributed by atoms with Gasteiger partial charge in [-0.1, -0.05) is 17.2 Å². The van der Waals surface area contributed by atoms with E-state index in [2.05, 4.69) is 5.32 Å². The van der Waals surface area contributed by atoms with Crippen molar-refractivity contribution in [2.24, 2.45) is 0 Å². The minimum Gasteiger partial charge on any atom is -0.351 e. The van der Waals surface area contributed by atoms with Gasteiger partial charge in [0.15, 0.2) is 0 Å². The molecule has 3 amide bonds. The summed E-state index contributed by atoms with van der Waals surface area (Å²) >= 11 is 1.11. The second-order valence-electron chi connectivity index (χ2n) is 5.00. The number of thiophene rings is 1. The second-order valence-corrected chi connectivity index (χ2v) is 6.17. The summed E-state index contributed by atoms with van der Waals surface area (Å²) in [4.78, 5) is 53.3. The van der Waals surface area contributed by atoms with Crippen LogP contribution in [0.15, 0.2) is 36.4 Å². The number of hydroxylamine groups is 2. The lowest BCUT2D eigenvalue weighted by atomic mass is 10.1. The fourth-order valence-electron chi connectivity index (χ4n) is 2.17. The number of hydrogen-bond donors (Lipinski definition) is 1. The van der Waals surface area contributed by atoms with Crippen LogP contribution in [0.2, 0.25) is 0 Å². The molecule has 24 heavy (non-hydrogen) atoms. The van der Waals surface area contributed by atoms with E-state index in [0.29, 0.717) is 11.6 Å². The fourth-order valence-corrected chi connectivity index (χ4v) is 2.99. The van der Waals surface area contributed by atoms with Crippen molar-refractivity contribution in [1.82, 2.24) is 10.4 Å². The first kappa shape index (κ1) is 15.9. The number of nitrogens with one attached hydrogen (secondary N) is 1. The van der Waals surface area contributed by atoms with E-state index in [4.69, 9.17) is 4.84 Å². The fraction of sp³-hybridized carbons (Fsp3) is 0.125. The van der Waals surface area contributed by atoms with Crippen LogP contribution >= 0.6 is 11.3 Å². The van der Waals surface area contributed by atoms with Gasteiger partial charge in [-0.15, -0.1) is 11.3 Å². The summed E-state index contributed by atoms with van der Waals surface area (Å²) in [6, 6.07) is 9.44. The Morgan fingerprint density at radius 3 is 2.29 bits per heavy atom. The molecule has 0 saturated carbocycles. The van der Waals surface area contributed by atoms with E-state index in [1.807, 2.05) is 0 Å². The Bertz CT molecular complexity index is 823. The molecular formula is C16H12N2O5S. The SMILES string of the molecule is CC(=O)NCc1ccc(C(=O)ON2C(=O)c3ccccc3C2=O)s1. The van der Waals surface area contributed by atoms with Crippen molar-refractivity contribution < 1.29 is 24.0 Å². The molecule has 0 saturated heterocycles. The first-order valence-corrected chi connectivity index (χ1v) is 7.82. The van der Waals surface area contributed by atoms with Gasteiger partial charge in [-0.2, -0.15) is 0 Å². The second kappa shape index (κ2) is 6.25. The molecule has 8 heteroatoms. The monoisotopic (exact) mass is 344 g/mol. The molecule has 0 spiro atoms. The molecule has 0 atom stereocenters. The quantitative estimate of drug-likeness (QED) is 0.853. The maximum atomic E-state index is 12.1. The maximum absolute atomic E-state index is 12.1. The number of amides is 3. The molecule has 1 aliphatic rings. The van der Waals surface area contributed by atoms with Gasteiger partial charge >= 0.3 is 5.97 Å². The van der Waals surface area contributed by atoms with Gasteiger partial charge in [0.1, 0.15) is 4.88 Å². The lowest BCUT2D eigenvalue weighted by molar-refractivity contribution is -0.119. The Balaban J connectivity index is 1.71. The Kier molecular flexibility index (Phi) is 4.13. The number of nitrogens with zero attached hydrogens (tertiary/aromatic N) is 1. The Morgan fingerprint density at radius 1 is 1.08 bits per heavy atom. The van der Waals surface area contributed by atoms with Gasteiger partial charge in [0.2, 0.25) is 5.91 Å². The third-order valence-corrected chi connectivity index (χ3v) is 4.37. The van der Waals surface area contributed by atoms with Gasteiger partial charge in [0.05, 0.1) is 17.7 Å². The molecule has 2 heterocycles. The van der Waals surface area contributed by atoms with Gasteiger partial charge in [0, 0.05) is 11.8 Å². The zero-order chi connectivity index (χ0) is 17.3. The van der Waals surface area contributed by atoms with Crippen molar-refractivity contribution >= 4 is 35.0 Å². The van der Waals surface area contributed by atoms with Gasteiger partial charge in [0.25, 0.3) is 11.8 Å². The number of carbonyl (C=O) groups excluding carboxylic acids is 4. The zero-order valence-electron chi connectivity index (χ0n) is 12.6. The number of imide groups is 1. The molecule has 3 rings (SSSR count). The summed E-state index contributed by atoms with van der Waals surface area (Å²) in [6.07, 6.45) is 0. The molecule has 0 unspecified atom stereocenters. The average Bonchev–Trinajstić information content (AvgIpc) is 3.13. The summed E-state index contributed by atoms with van der Waals surface area (Å²) in [6.45, 7) is 1.69. The molecule has 122 valence electrons. The average molecular weight is 344 g/mol. The van der Waals surface area contributed by atoms with Gasteiger partial charge in [-0.3, -0.25) is 14.4 Å². The zero-order valence-corrected chi connectivity index (χ0v) is 13.4. The number of rotatable bonds is 4. The van der Waals surface area contributed by atoms with E-state index in [9.17, 15) is 19.2 Å². The molecule has 2 aromatic rings. The minimum absolute atomic E-state index is 0.182. The normalized spacial score (nSPS) is 13.0. The molecule has 0 fully saturated rings. The highest BCUT2D eigenvalue weighted by Crippen LogP contribution is 2.24. The van der Waals surface area contributed by atoms with E-state index in [0.717, 1.165) is 16.2 Å². The molecule has 1 N–H and O–H groups in total. The Morgan fingerprint density at radius 2 is 1.71 bits per heavy atom. The van der Waals surface area contributed by atoms with Crippen molar-refractivity contribution in [1.29, 1.82) is 0 Å². The molecular weight excluding hydrogens is 332 g/mol. The van der Waals surface area contributed by atoms with Gasteiger partial charge in [-0.05, 0) is 24.3 Å². The molecule has 1 aliphatic heterocycles. The third kappa shape index (κ3) is 2.91. The van der Waals surface area contributed by atoms with Gasteiger partial charge < -0.3 is 10.2 Å². The van der Waals surface area contributed by atoms with Crippen LogP contribution in [0.5, 0.6) is 0 Å². The number of hydrogen-bond acceptors (Lipinski definition) is 6. The van der Waals surface area contributed by atoms with Crippen LogP contribution in [-0.2, 0) is 16.2 Å². The molecule has 0 aliphatic carbocycles. The molecule has 0 radical (unpaired) electrons. The summed E-state index contributed by atoms with van der Waals surface area (Å²) in [5, 5.41) is 3.09. The topological polar surface area (TPSA) is 92.8 Å². The number of carbonyl (C=O) groups is 4. The van der Waals surface area contributed by atoms with Crippen molar-refractivity contribution in [2.45, 2.75) is 13.5 Å². The van der Waals surface area contributed by atoms with Crippen molar-refractivity contribution in [3.8, 4) is 0 Å². The van der Waals surface area contributed by atoms with Crippen LogP contribution in [0.1, 0.15) is 42.2 Å². The summed E-state index contributed by atoms with van der Waals surface area (Å²) in [5.74, 6) is -2.32. The summed E-state index contributed by atoms with van der Waals surface area (Å²) in [7, 11) is 0. The lowest BCUT2D eigenvalue weighted by Crippen LogP contribution is -2.32. The molecule has 7 nitrogen and oxygen atoms in total. The van der Waals surface area contributed by atoms with Crippen molar-refractivity contribution in [3.63, 3.8) is 0 Å². The number of fused-ring (bicyclic) bond motifs is 1. The van der Waals surface area contributed by atoms with Crippen LogP contribution < -0.4 is 5.32 Å². The highest BCUT2D eigenvalue weighted by Gasteiger charge is 2.38. The first-order valence-electron chi connectivity index (χ1n) is 7.00. The van der Waals surface area contributed by atoms with Crippen LogP contribution in [0, 0.1) is 0 Å². The van der Waals surface area contributed by atoms with E-state index >= 15 is 0 Å². The lowest BCUT2D eigenvalue weighted by Gasteiger charge is -2.11. The van der Waals surface area contributed by atoms with Crippen molar-refractivity contribution in [3.05, 3.63) is 57.3 Å². The van der Waals surface area contributed by atoms with E-state index in [1.54, 1.807) is 18.2 Å². The largest absolute Gasteiger partial charge is 0.373 e. The predicted molar refractivity (Wildman–Crippen MR) is 84.2 cm³/mol. The first-order chi connectivity index (χ1) is 11.5. The van der Waals surface area contributed by atoms with E-state index < -0.39 is 17.8 Å². The molecule has 0 bridgehead atoms. The predicted octanol–water partition coefficient (Wildman–Crippen LogP) is 1.75. The maximum Gasteiger partial charge on any atom is 0.373 e. The van der Waals surface area contributed by atoms with E-state index in [1.165, 1.54) is 25.1 Å². The summed E-state index contributed by atoms with van der Waals surface area (Å²) in [5.41, 5.74) is 0.403. The third-order valence-electron chi connectivity index (χ3n) is 3.31. The van der Waals surface area contributed by atoms with Crippen LogP contribution in [0.3, 0.4) is 0 Å².